The number of aryl methyl sites for hydroxylation is 1. The second kappa shape index (κ2) is 12.4. The number of likely N-dealkylation sites (N-methyl/N-ethyl adjacent to an activating group) is 1. The van der Waals surface area contributed by atoms with E-state index in [1.54, 1.807) is 49.4 Å². The Bertz CT molecular complexity index is 1300. The lowest BCUT2D eigenvalue weighted by atomic mass is 10.1. The van der Waals surface area contributed by atoms with Crippen molar-refractivity contribution < 1.29 is 18.0 Å². The third kappa shape index (κ3) is 6.85. The number of anilines is 1. The van der Waals surface area contributed by atoms with E-state index in [1.165, 1.54) is 17.0 Å². The molecule has 190 valence electrons. The molecule has 9 heteroatoms. The number of rotatable bonds is 10. The molecule has 3 rings (SSSR count). The molecule has 7 nitrogen and oxygen atoms in total. The molecule has 0 bridgehead atoms. The minimum Gasteiger partial charge on any atom is -0.355 e. The maximum atomic E-state index is 13.7. The molecule has 0 unspecified atom stereocenters. The van der Waals surface area contributed by atoms with E-state index >= 15 is 0 Å². The zero-order chi connectivity index (χ0) is 26.3. The fourth-order valence-electron chi connectivity index (χ4n) is 3.77. The van der Waals surface area contributed by atoms with Crippen LogP contribution in [-0.4, -0.2) is 44.3 Å². The number of halogens is 1. The van der Waals surface area contributed by atoms with Gasteiger partial charge in [-0.2, -0.15) is 0 Å². The van der Waals surface area contributed by atoms with Crippen molar-refractivity contribution in [1.82, 2.24) is 10.2 Å². The Balaban J connectivity index is 2.01. The zero-order valence-corrected chi connectivity index (χ0v) is 23.5. The van der Waals surface area contributed by atoms with Crippen LogP contribution in [-0.2, 0) is 26.2 Å². The van der Waals surface area contributed by atoms with Crippen molar-refractivity contribution in [1.29, 1.82) is 0 Å². The highest BCUT2D eigenvalue weighted by atomic mass is 127. The van der Waals surface area contributed by atoms with Gasteiger partial charge in [-0.25, -0.2) is 8.42 Å². The van der Waals surface area contributed by atoms with Gasteiger partial charge in [-0.1, -0.05) is 48.0 Å². The van der Waals surface area contributed by atoms with Gasteiger partial charge in [0.1, 0.15) is 12.6 Å². The Kier molecular flexibility index (Phi) is 9.49. The average Bonchev–Trinajstić information content (AvgIpc) is 2.86. The second-order valence-electron chi connectivity index (χ2n) is 8.38. The minimum atomic E-state index is -4.05. The van der Waals surface area contributed by atoms with Crippen LogP contribution < -0.4 is 9.62 Å². The number of sulfonamides is 1. The highest BCUT2D eigenvalue weighted by Gasteiger charge is 2.32. The molecule has 0 aliphatic carbocycles. The number of amides is 2. The number of benzene rings is 3. The lowest BCUT2D eigenvalue weighted by Gasteiger charge is -2.32. The first-order chi connectivity index (χ1) is 17.1. The Hall–Kier alpha value is -2.92. The molecule has 0 saturated carbocycles. The first kappa shape index (κ1) is 27.7. The molecule has 0 radical (unpaired) electrons. The number of nitrogens with one attached hydrogen (secondary N) is 1. The molecule has 3 aromatic rings. The fourth-order valence-corrected chi connectivity index (χ4v) is 5.56. The Morgan fingerprint density at radius 3 is 2.25 bits per heavy atom. The van der Waals surface area contributed by atoms with Crippen molar-refractivity contribution >= 4 is 50.1 Å². The maximum Gasteiger partial charge on any atom is 0.264 e. The van der Waals surface area contributed by atoms with Crippen LogP contribution in [0.5, 0.6) is 0 Å². The van der Waals surface area contributed by atoms with Gasteiger partial charge in [0.2, 0.25) is 11.8 Å². The van der Waals surface area contributed by atoms with Crippen molar-refractivity contribution in [3.8, 4) is 0 Å². The maximum absolute atomic E-state index is 13.7. The van der Waals surface area contributed by atoms with E-state index in [0.717, 1.165) is 19.0 Å². The number of hydrogen-bond donors (Lipinski definition) is 1. The molecule has 3 aromatic carbocycles. The molecule has 0 aliphatic rings. The normalized spacial score (nSPS) is 12.0. The van der Waals surface area contributed by atoms with E-state index in [1.807, 2.05) is 38.1 Å². The summed E-state index contributed by atoms with van der Waals surface area (Å²) < 4.78 is 29.4. The Morgan fingerprint density at radius 2 is 1.64 bits per heavy atom. The van der Waals surface area contributed by atoms with Crippen molar-refractivity contribution in [3.63, 3.8) is 0 Å². The van der Waals surface area contributed by atoms with Crippen LogP contribution in [0, 0.1) is 10.5 Å². The van der Waals surface area contributed by atoms with Gasteiger partial charge < -0.3 is 10.2 Å². The standard InChI is InChI=1S/C27H30IN3O4S/c1-4-29-27(33)21(3)30(18-22-10-8-9-20(2)17-22)26(32)19-31(24-15-13-23(28)14-16-24)36(34,35)25-11-6-5-7-12-25/h5-17,21H,4,18-19H2,1-3H3,(H,29,33)/t21-/m1/s1. The molecule has 0 saturated heterocycles. The smallest absolute Gasteiger partial charge is 0.264 e. The molecule has 1 atom stereocenters. The van der Waals surface area contributed by atoms with Crippen molar-refractivity contribution in [2.75, 3.05) is 17.4 Å². The molecule has 0 heterocycles. The summed E-state index contributed by atoms with van der Waals surface area (Å²) in [6, 6.07) is 21.8. The van der Waals surface area contributed by atoms with Crippen LogP contribution in [0.3, 0.4) is 0 Å². The molecule has 1 N–H and O–H groups in total. The van der Waals surface area contributed by atoms with E-state index in [0.29, 0.717) is 12.2 Å². The number of nitrogens with zero attached hydrogens (tertiary/aromatic N) is 2. The summed E-state index contributed by atoms with van der Waals surface area (Å²) in [6.45, 7) is 5.56. The number of carbonyl (C=O) groups excluding carboxylic acids is 2. The molecule has 36 heavy (non-hydrogen) atoms. The van der Waals surface area contributed by atoms with Gasteiger partial charge in [0, 0.05) is 16.7 Å². The summed E-state index contributed by atoms with van der Waals surface area (Å²) >= 11 is 2.14. The zero-order valence-electron chi connectivity index (χ0n) is 20.5. The summed E-state index contributed by atoms with van der Waals surface area (Å²) in [5.41, 5.74) is 2.25. The highest BCUT2D eigenvalue weighted by Crippen LogP contribution is 2.25. The van der Waals surface area contributed by atoms with E-state index in [4.69, 9.17) is 0 Å². The third-order valence-corrected chi connectivity index (χ3v) is 8.19. The van der Waals surface area contributed by atoms with Crippen LogP contribution in [0.1, 0.15) is 25.0 Å². The fraction of sp³-hybridized carbons (Fsp3) is 0.259. The molecule has 2 amide bonds. The van der Waals surface area contributed by atoms with Gasteiger partial charge in [0.05, 0.1) is 10.6 Å². The Morgan fingerprint density at radius 1 is 0.972 bits per heavy atom. The van der Waals surface area contributed by atoms with Crippen LogP contribution in [0.25, 0.3) is 0 Å². The lowest BCUT2D eigenvalue weighted by molar-refractivity contribution is -0.139. The quantitative estimate of drug-likeness (QED) is 0.342. The predicted molar refractivity (Wildman–Crippen MR) is 150 cm³/mol. The molecule has 0 aliphatic heterocycles. The average molecular weight is 620 g/mol. The SMILES string of the molecule is CCNC(=O)[C@@H](C)N(Cc1cccc(C)c1)C(=O)CN(c1ccc(I)cc1)S(=O)(=O)c1ccccc1. The number of hydrogen-bond acceptors (Lipinski definition) is 4. The summed E-state index contributed by atoms with van der Waals surface area (Å²) in [4.78, 5) is 28.0. The topological polar surface area (TPSA) is 86.8 Å². The van der Waals surface area contributed by atoms with Gasteiger partial charge in [0.25, 0.3) is 10.0 Å². The summed E-state index contributed by atoms with van der Waals surface area (Å²) in [5, 5.41) is 2.76. The van der Waals surface area contributed by atoms with E-state index < -0.39 is 28.5 Å². The largest absolute Gasteiger partial charge is 0.355 e. The third-order valence-electron chi connectivity index (χ3n) is 5.68. The monoisotopic (exact) mass is 619 g/mol. The van der Waals surface area contributed by atoms with Crippen LogP contribution in [0.15, 0.2) is 83.8 Å². The lowest BCUT2D eigenvalue weighted by Crippen LogP contribution is -2.51. The summed E-state index contributed by atoms with van der Waals surface area (Å²) in [6.07, 6.45) is 0. The van der Waals surface area contributed by atoms with E-state index in [-0.39, 0.29) is 17.3 Å². The van der Waals surface area contributed by atoms with Crippen molar-refractivity contribution in [2.24, 2.45) is 0 Å². The van der Waals surface area contributed by atoms with Gasteiger partial charge in [0.15, 0.2) is 0 Å². The number of carbonyl (C=O) groups is 2. The Labute approximate surface area is 226 Å². The molecular weight excluding hydrogens is 589 g/mol. The van der Waals surface area contributed by atoms with Gasteiger partial charge in [-0.05, 0) is 85.3 Å². The van der Waals surface area contributed by atoms with Gasteiger partial charge in [-0.3, -0.25) is 13.9 Å². The molecule has 0 spiro atoms. The summed E-state index contributed by atoms with van der Waals surface area (Å²) in [7, 11) is -4.05. The first-order valence-corrected chi connectivity index (χ1v) is 14.1. The second-order valence-corrected chi connectivity index (χ2v) is 11.5. The molecule has 0 aromatic heterocycles. The van der Waals surface area contributed by atoms with E-state index in [2.05, 4.69) is 27.9 Å². The van der Waals surface area contributed by atoms with Gasteiger partial charge in [-0.15, -0.1) is 0 Å². The van der Waals surface area contributed by atoms with E-state index in [9.17, 15) is 18.0 Å². The van der Waals surface area contributed by atoms with Crippen molar-refractivity contribution in [2.45, 2.75) is 38.3 Å². The summed E-state index contributed by atoms with van der Waals surface area (Å²) in [5.74, 6) is -0.779. The van der Waals surface area contributed by atoms with Crippen LogP contribution in [0.4, 0.5) is 5.69 Å². The highest BCUT2D eigenvalue weighted by molar-refractivity contribution is 14.1. The van der Waals surface area contributed by atoms with Gasteiger partial charge >= 0.3 is 0 Å². The van der Waals surface area contributed by atoms with Crippen LogP contribution >= 0.6 is 22.6 Å². The van der Waals surface area contributed by atoms with Crippen molar-refractivity contribution in [3.05, 3.63) is 93.6 Å². The predicted octanol–water partition coefficient (Wildman–Crippen LogP) is 4.35. The minimum absolute atomic E-state index is 0.0818. The molecular formula is C27H30IN3O4S. The van der Waals surface area contributed by atoms with Crippen LogP contribution in [0.2, 0.25) is 0 Å². The molecule has 0 fully saturated rings. The first-order valence-electron chi connectivity index (χ1n) is 11.6.